The van der Waals surface area contributed by atoms with Crippen LogP contribution >= 0.6 is 35.3 Å². The number of carbonyl (C=O) groups excluding carboxylic acids is 1. The average molecular weight is 555 g/mol. The molecule has 38 heavy (non-hydrogen) atoms. The van der Waals surface area contributed by atoms with Gasteiger partial charge in [0.2, 0.25) is 5.91 Å². The number of carbonyl (C=O) groups is 1. The molecule has 0 saturated carbocycles. The summed E-state index contributed by atoms with van der Waals surface area (Å²) in [4.78, 5) is 16.3. The van der Waals surface area contributed by atoms with E-state index in [4.69, 9.17) is 0 Å². The number of aromatic nitrogens is 3. The van der Waals surface area contributed by atoms with Gasteiger partial charge in [0.1, 0.15) is 5.82 Å². The Balaban J connectivity index is 1.28. The van der Waals surface area contributed by atoms with Crippen molar-refractivity contribution in [2.45, 2.75) is 32.5 Å². The summed E-state index contributed by atoms with van der Waals surface area (Å²) < 4.78 is 2.04. The lowest BCUT2D eigenvalue weighted by Crippen LogP contribution is -2.15. The molecular formula is C30H26N4OS3. The van der Waals surface area contributed by atoms with Gasteiger partial charge in [-0.2, -0.15) is 0 Å². The number of aryl methyl sites for hydroxylation is 1. The molecule has 0 unspecified atom stereocenters. The molecule has 0 aliphatic heterocycles. The number of anilines is 1. The summed E-state index contributed by atoms with van der Waals surface area (Å²) in [6, 6.07) is 36.5. The highest BCUT2D eigenvalue weighted by Gasteiger charge is 2.17. The number of benzene rings is 4. The molecule has 1 N–H and O–H groups in total. The molecule has 0 atom stereocenters. The maximum Gasteiger partial charge on any atom is 0.234 e. The molecule has 0 aliphatic carbocycles. The summed E-state index contributed by atoms with van der Waals surface area (Å²) >= 11 is 4.73. The van der Waals surface area contributed by atoms with Crippen LogP contribution < -0.4 is 5.32 Å². The van der Waals surface area contributed by atoms with Crippen LogP contribution in [0.15, 0.2) is 129 Å². The van der Waals surface area contributed by atoms with Gasteiger partial charge in [-0.05, 0) is 55.5 Å². The Morgan fingerprint density at radius 2 is 1.45 bits per heavy atom. The average Bonchev–Trinajstić information content (AvgIpc) is 3.36. The fourth-order valence-corrected chi connectivity index (χ4v) is 6.20. The monoisotopic (exact) mass is 554 g/mol. The first-order chi connectivity index (χ1) is 18.7. The topological polar surface area (TPSA) is 59.8 Å². The van der Waals surface area contributed by atoms with E-state index in [2.05, 4.69) is 58.8 Å². The standard InChI is InChI=1S/C30H26N4OS3/c1-22-16-18-24(19-17-22)36-20-28-32-33-30(34(28)23-10-4-2-5-11-23)37-21-29(35)31-26-14-8-9-15-27(26)38-25-12-6-3-7-13-25/h2-19H,20-21H2,1H3,(H,31,35). The molecule has 0 fully saturated rings. The Bertz CT molecular complexity index is 1490. The number of thioether (sulfide) groups is 2. The highest BCUT2D eigenvalue weighted by Crippen LogP contribution is 2.33. The Labute approximate surface area is 235 Å². The molecular weight excluding hydrogens is 529 g/mol. The summed E-state index contributed by atoms with van der Waals surface area (Å²) in [6.07, 6.45) is 0. The van der Waals surface area contributed by atoms with Crippen LogP contribution in [0.3, 0.4) is 0 Å². The van der Waals surface area contributed by atoms with Gasteiger partial charge in [0.05, 0.1) is 17.2 Å². The molecule has 5 nitrogen and oxygen atoms in total. The third kappa shape index (κ3) is 6.89. The number of para-hydroxylation sites is 2. The molecule has 1 heterocycles. The second kappa shape index (κ2) is 12.9. The third-order valence-corrected chi connectivity index (χ3v) is 8.59. The minimum atomic E-state index is -0.0886. The van der Waals surface area contributed by atoms with Crippen molar-refractivity contribution >= 4 is 46.9 Å². The molecule has 0 radical (unpaired) electrons. The van der Waals surface area contributed by atoms with Crippen molar-refractivity contribution in [2.24, 2.45) is 0 Å². The van der Waals surface area contributed by atoms with Gasteiger partial charge in [-0.25, -0.2) is 0 Å². The van der Waals surface area contributed by atoms with Crippen LogP contribution in [0.5, 0.6) is 0 Å². The largest absolute Gasteiger partial charge is 0.324 e. The lowest BCUT2D eigenvalue weighted by atomic mass is 10.2. The summed E-state index contributed by atoms with van der Waals surface area (Å²) in [5.41, 5.74) is 3.01. The van der Waals surface area contributed by atoms with Crippen molar-refractivity contribution in [3.63, 3.8) is 0 Å². The minimum absolute atomic E-state index is 0.0886. The van der Waals surface area contributed by atoms with E-state index in [0.717, 1.165) is 27.0 Å². The predicted octanol–water partition coefficient (Wildman–Crippen LogP) is 7.75. The van der Waals surface area contributed by atoms with E-state index in [-0.39, 0.29) is 11.7 Å². The first-order valence-corrected chi connectivity index (χ1v) is 14.9. The maximum absolute atomic E-state index is 13.0. The molecule has 0 saturated heterocycles. The summed E-state index contributed by atoms with van der Waals surface area (Å²) in [6.45, 7) is 2.08. The molecule has 4 aromatic carbocycles. The highest BCUT2D eigenvalue weighted by molar-refractivity contribution is 8.00. The van der Waals surface area contributed by atoms with Crippen LogP contribution in [-0.2, 0) is 10.5 Å². The highest BCUT2D eigenvalue weighted by atomic mass is 32.2. The van der Waals surface area contributed by atoms with Crippen molar-refractivity contribution < 1.29 is 4.79 Å². The van der Waals surface area contributed by atoms with E-state index >= 15 is 0 Å². The Kier molecular flexibility index (Phi) is 8.86. The van der Waals surface area contributed by atoms with Gasteiger partial charge in [-0.15, -0.1) is 22.0 Å². The Morgan fingerprint density at radius 1 is 0.763 bits per heavy atom. The molecule has 8 heteroatoms. The van der Waals surface area contributed by atoms with E-state index in [1.165, 1.54) is 22.2 Å². The number of hydrogen-bond acceptors (Lipinski definition) is 6. The molecule has 1 aromatic heterocycles. The van der Waals surface area contributed by atoms with Gasteiger partial charge in [0.25, 0.3) is 0 Å². The molecule has 5 rings (SSSR count). The van der Waals surface area contributed by atoms with Crippen molar-refractivity contribution in [1.82, 2.24) is 14.8 Å². The van der Waals surface area contributed by atoms with Crippen LogP contribution in [-0.4, -0.2) is 26.4 Å². The second-order valence-corrected chi connectivity index (χ2v) is 11.5. The van der Waals surface area contributed by atoms with E-state index < -0.39 is 0 Å². The molecule has 0 bridgehead atoms. The van der Waals surface area contributed by atoms with Crippen molar-refractivity contribution in [2.75, 3.05) is 11.1 Å². The third-order valence-electron chi connectivity index (χ3n) is 5.57. The maximum atomic E-state index is 13.0. The predicted molar refractivity (Wildman–Crippen MR) is 158 cm³/mol. The van der Waals surface area contributed by atoms with Crippen LogP contribution in [0.25, 0.3) is 5.69 Å². The summed E-state index contributed by atoms with van der Waals surface area (Å²) in [5, 5.41) is 12.7. The summed E-state index contributed by atoms with van der Waals surface area (Å²) in [5.74, 6) is 1.64. The van der Waals surface area contributed by atoms with Crippen LogP contribution in [0.4, 0.5) is 5.69 Å². The first-order valence-electron chi connectivity index (χ1n) is 12.1. The van der Waals surface area contributed by atoms with Gasteiger partial charge in [0.15, 0.2) is 5.16 Å². The van der Waals surface area contributed by atoms with Gasteiger partial charge in [-0.3, -0.25) is 9.36 Å². The lowest BCUT2D eigenvalue weighted by Gasteiger charge is -2.12. The minimum Gasteiger partial charge on any atom is -0.324 e. The van der Waals surface area contributed by atoms with Gasteiger partial charge in [0, 0.05) is 20.4 Å². The van der Waals surface area contributed by atoms with Crippen molar-refractivity contribution in [1.29, 1.82) is 0 Å². The lowest BCUT2D eigenvalue weighted by molar-refractivity contribution is -0.113. The number of nitrogens with one attached hydrogen (secondary N) is 1. The van der Waals surface area contributed by atoms with Crippen LogP contribution in [0.1, 0.15) is 11.4 Å². The molecule has 0 spiro atoms. The van der Waals surface area contributed by atoms with E-state index in [0.29, 0.717) is 10.9 Å². The number of nitrogens with zero attached hydrogens (tertiary/aromatic N) is 3. The molecule has 1 amide bonds. The first kappa shape index (κ1) is 26.2. The second-order valence-electron chi connectivity index (χ2n) is 8.42. The normalized spacial score (nSPS) is 10.9. The molecule has 0 aliphatic rings. The van der Waals surface area contributed by atoms with Crippen LogP contribution in [0, 0.1) is 6.92 Å². The fourth-order valence-electron chi connectivity index (χ4n) is 3.70. The van der Waals surface area contributed by atoms with Crippen molar-refractivity contribution in [3.05, 3.63) is 121 Å². The van der Waals surface area contributed by atoms with Gasteiger partial charge in [-0.1, -0.05) is 89.8 Å². The smallest absolute Gasteiger partial charge is 0.234 e. The number of rotatable bonds is 10. The van der Waals surface area contributed by atoms with E-state index in [9.17, 15) is 4.79 Å². The molecule has 190 valence electrons. The number of amides is 1. The van der Waals surface area contributed by atoms with Crippen LogP contribution in [0.2, 0.25) is 0 Å². The number of hydrogen-bond donors (Lipinski definition) is 1. The zero-order chi connectivity index (χ0) is 26.2. The van der Waals surface area contributed by atoms with E-state index in [1.54, 1.807) is 23.5 Å². The Hall–Kier alpha value is -3.46. The van der Waals surface area contributed by atoms with Gasteiger partial charge < -0.3 is 5.32 Å². The Morgan fingerprint density at radius 3 is 2.21 bits per heavy atom. The molecule has 5 aromatic rings. The zero-order valence-corrected chi connectivity index (χ0v) is 23.2. The van der Waals surface area contributed by atoms with Crippen molar-refractivity contribution in [3.8, 4) is 5.69 Å². The van der Waals surface area contributed by atoms with Gasteiger partial charge >= 0.3 is 0 Å². The van der Waals surface area contributed by atoms with E-state index in [1.807, 2.05) is 77.4 Å². The quantitative estimate of drug-likeness (QED) is 0.178. The SMILES string of the molecule is Cc1ccc(SCc2nnc(SCC(=O)Nc3ccccc3Sc3ccccc3)n2-c2ccccc2)cc1. The zero-order valence-electron chi connectivity index (χ0n) is 20.8. The fraction of sp³-hybridized carbons (Fsp3) is 0.100. The summed E-state index contributed by atoms with van der Waals surface area (Å²) in [7, 11) is 0.